The van der Waals surface area contributed by atoms with Gasteiger partial charge in [0, 0.05) is 4.47 Å². The predicted octanol–water partition coefficient (Wildman–Crippen LogP) is 3.64. The SMILES string of the molecule is CCCC(C#N)C(=O)Nc1ccc(C)cc1Br. The number of anilines is 1. The summed E-state index contributed by atoms with van der Waals surface area (Å²) in [6.45, 7) is 3.94. The van der Waals surface area contributed by atoms with E-state index in [4.69, 9.17) is 5.26 Å². The van der Waals surface area contributed by atoms with Gasteiger partial charge in [-0.15, -0.1) is 0 Å². The zero-order valence-corrected chi connectivity index (χ0v) is 11.5. The summed E-state index contributed by atoms with van der Waals surface area (Å²) in [6, 6.07) is 7.70. The zero-order chi connectivity index (χ0) is 12.8. The summed E-state index contributed by atoms with van der Waals surface area (Å²) in [5, 5.41) is 11.7. The van der Waals surface area contributed by atoms with E-state index in [9.17, 15) is 4.79 Å². The van der Waals surface area contributed by atoms with Crippen LogP contribution in [-0.4, -0.2) is 5.91 Å². The van der Waals surface area contributed by atoms with Gasteiger partial charge in [-0.25, -0.2) is 0 Å². The second kappa shape index (κ2) is 6.41. The van der Waals surface area contributed by atoms with Crippen molar-refractivity contribution in [2.45, 2.75) is 26.7 Å². The van der Waals surface area contributed by atoms with E-state index in [-0.39, 0.29) is 5.91 Å². The fourth-order valence-corrected chi connectivity index (χ4v) is 2.08. The third-order valence-electron chi connectivity index (χ3n) is 2.43. The summed E-state index contributed by atoms with van der Waals surface area (Å²) in [6.07, 6.45) is 1.41. The number of carbonyl (C=O) groups is 1. The van der Waals surface area contributed by atoms with E-state index in [1.165, 1.54) is 0 Å². The molecule has 1 aromatic carbocycles. The van der Waals surface area contributed by atoms with Crippen LogP contribution >= 0.6 is 15.9 Å². The number of nitrogens with one attached hydrogen (secondary N) is 1. The lowest BCUT2D eigenvalue weighted by molar-refractivity contribution is -0.118. The minimum absolute atomic E-state index is 0.237. The smallest absolute Gasteiger partial charge is 0.241 e. The Bertz CT molecular complexity index is 451. The number of rotatable bonds is 4. The Morgan fingerprint density at radius 1 is 1.59 bits per heavy atom. The Hall–Kier alpha value is -1.34. The lowest BCUT2D eigenvalue weighted by Gasteiger charge is -2.11. The molecule has 0 saturated carbocycles. The van der Waals surface area contributed by atoms with Crippen LogP contribution in [0.1, 0.15) is 25.3 Å². The summed E-state index contributed by atoms with van der Waals surface area (Å²) in [4.78, 5) is 11.8. The maximum Gasteiger partial charge on any atom is 0.241 e. The normalized spacial score (nSPS) is 11.6. The number of amides is 1. The van der Waals surface area contributed by atoms with E-state index in [1.54, 1.807) is 0 Å². The van der Waals surface area contributed by atoms with Crippen molar-refractivity contribution in [2.75, 3.05) is 5.32 Å². The third-order valence-corrected chi connectivity index (χ3v) is 3.09. The molecule has 1 N–H and O–H groups in total. The number of hydrogen-bond donors (Lipinski definition) is 1. The van der Waals surface area contributed by atoms with Crippen LogP contribution in [0.5, 0.6) is 0 Å². The van der Waals surface area contributed by atoms with Crippen molar-refractivity contribution in [3.63, 3.8) is 0 Å². The van der Waals surface area contributed by atoms with Crippen LogP contribution in [0.4, 0.5) is 5.69 Å². The molecule has 0 spiro atoms. The number of nitrogens with zero attached hydrogens (tertiary/aromatic N) is 1. The summed E-state index contributed by atoms with van der Waals surface area (Å²) in [7, 11) is 0. The molecule has 17 heavy (non-hydrogen) atoms. The highest BCUT2D eigenvalue weighted by Crippen LogP contribution is 2.24. The molecule has 0 bridgehead atoms. The molecule has 0 aliphatic heterocycles. The second-order valence-electron chi connectivity index (χ2n) is 3.94. The van der Waals surface area contributed by atoms with E-state index in [1.807, 2.05) is 38.1 Å². The van der Waals surface area contributed by atoms with Crippen molar-refractivity contribution >= 4 is 27.5 Å². The van der Waals surface area contributed by atoms with Crippen LogP contribution in [0.3, 0.4) is 0 Å². The molecular weight excluding hydrogens is 280 g/mol. The fourth-order valence-electron chi connectivity index (χ4n) is 1.48. The molecule has 0 fully saturated rings. The molecule has 1 aromatic rings. The van der Waals surface area contributed by atoms with Gasteiger partial charge >= 0.3 is 0 Å². The molecule has 3 nitrogen and oxygen atoms in total. The largest absolute Gasteiger partial charge is 0.324 e. The molecule has 1 rings (SSSR count). The van der Waals surface area contributed by atoms with Crippen molar-refractivity contribution in [2.24, 2.45) is 5.92 Å². The molecule has 0 heterocycles. The zero-order valence-electron chi connectivity index (χ0n) is 9.96. The molecule has 4 heteroatoms. The molecule has 1 unspecified atom stereocenters. The maximum atomic E-state index is 11.8. The van der Waals surface area contributed by atoms with Gasteiger partial charge in [0.25, 0.3) is 0 Å². The van der Waals surface area contributed by atoms with Crippen LogP contribution in [0, 0.1) is 24.2 Å². The van der Waals surface area contributed by atoms with Gasteiger partial charge in [0.05, 0.1) is 11.8 Å². The highest BCUT2D eigenvalue weighted by atomic mass is 79.9. The first kappa shape index (κ1) is 13.7. The number of benzene rings is 1. The van der Waals surface area contributed by atoms with Crippen LogP contribution in [0.25, 0.3) is 0 Å². The first-order valence-electron chi connectivity index (χ1n) is 5.55. The molecule has 0 saturated heterocycles. The van der Waals surface area contributed by atoms with Gasteiger partial charge in [0.1, 0.15) is 5.92 Å². The molecule has 1 amide bonds. The fraction of sp³-hybridized carbons (Fsp3) is 0.385. The Balaban J connectivity index is 2.77. The molecule has 90 valence electrons. The van der Waals surface area contributed by atoms with Crippen molar-refractivity contribution in [1.82, 2.24) is 0 Å². The van der Waals surface area contributed by atoms with Gasteiger partial charge in [-0.3, -0.25) is 4.79 Å². The number of halogens is 1. The highest BCUT2D eigenvalue weighted by Gasteiger charge is 2.17. The second-order valence-corrected chi connectivity index (χ2v) is 4.80. The minimum Gasteiger partial charge on any atom is -0.324 e. The van der Waals surface area contributed by atoms with E-state index in [2.05, 4.69) is 21.2 Å². The van der Waals surface area contributed by atoms with Gasteiger partial charge < -0.3 is 5.32 Å². The molecule has 1 atom stereocenters. The quantitative estimate of drug-likeness (QED) is 0.922. The van der Waals surface area contributed by atoms with Gasteiger partial charge in [-0.2, -0.15) is 5.26 Å². The van der Waals surface area contributed by atoms with Crippen LogP contribution in [0.15, 0.2) is 22.7 Å². The Labute approximate surface area is 110 Å². The number of hydrogen-bond acceptors (Lipinski definition) is 2. The summed E-state index contributed by atoms with van der Waals surface area (Å²) >= 11 is 3.39. The standard InChI is InChI=1S/C13H15BrN2O/c1-3-4-10(8-15)13(17)16-12-6-5-9(2)7-11(12)14/h5-7,10H,3-4H2,1-2H3,(H,16,17). The van der Waals surface area contributed by atoms with Crippen LogP contribution < -0.4 is 5.32 Å². The first-order valence-corrected chi connectivity index (χ1v) is 6.34. The van der Waals surface area contributed by atoms with Crippen molar-refractivity contribution in [3.8, 4) is 6.07 Å². The molecule has 0 aromatic heterocycles. The number of nitriles is 1. The molecule has 0 aliphatic rings. The molecule has 0 radical (unpaired) electrons. The molecular formula is C13H15BrN2O. The van der Waals surface area contributed by atoms with Gasteiger partial charge in [-0.1, -0.05) is 19.4 Å². The lowest BCUT2D eigenvalue weighted by atomic mass is 10.0. The number of carbonyl (C=O) groups excluding carboxylic acids is 1. The lowest BCUT2D eigenvalue weighted by Crippen LogP contribution is -2.21. The van der Waals surface area contributed by atoms with E-state index < -0.39 is 5.92 Å². The average Bonchev–Trinajstić information content (AvgIpc) is 2.29. The Morgan fingerprint density at radius 3 is 2.82 bits per heavy atom. The molecule has 0 aliphatic carbocycles. The third kappa shape index (κ3) is 3.86. The summed E-state index contributed by atoms with van der Waals surface area (Å²) in [5.74, 6) is -0.813. The summed E-state index contributed by atoms with van der Waals surface area (Å²) in [5.41, 5.74) is 1.82. The van der Waals surface area contributed by atoms with E-state index >= 15 is 0 Å². The van der Waals surface area contributed by atoms with E-state index in [0.29, 0.717) is 12.1 Å². The minimum atomic E-state index is -0.576. The van der Waals surface area contributed by atoms with Gasteiger partial charge in [-0.05, 0) is 47.0 Å². The van der Waals surface area contributed by atoms with Crippen molar-refractivity contribution in [3.05, 3.63) is 28.2 Å². The average molecular weight is 295 g/mol. The van der Waals surface area contributed by atoms with Crippen molar-refractivity contribution < 1.29 is 4.79 Å². The summed E-state index contributed by atoms with van der Waals surface area (Å²) < 4.78 is 0.832. The number of aryl methyl sites for hydroxylation is 1. The first-order chi connectivity index (χ1) is 8.08. The highest BCUT2D eigenvalue weighted by molar-refractivity contribution is 9.10. The van der Waals surface area contributed by atoms with Crippen LogP contribution in [-0.2, 0) is 4.79 Å². The van der Waals surface area contributed by atoms with Gasteiger partial charge in [0.2, 0.25) is 5.91 Å². The monoisotopic (exact) mass is 294 g/mol. The Morgan fingerprint density at radius 2 is 2.29 bits per heavy atom. The van der Waals surface area contributed by atoms with Gasteiger partial charge in [0.15, 0.2) is 0 Å². The van der Waals surface area contributed by atoms with Crippen molar-refractivity contribution in [1.29, 1.82) is 5.26 Å². The van der Waals surface area contributed by atoms with Crippen LogP contribution in [0.2, 0.25) is 0 Å². The van der Waals surface area contributed by atoms with E-state index in [0.717, 1.165) is 16.5 Å². The maximum absolute atomic E-state index is 11.8. The predicted molar refractivity (Wildman–Crippen MR) is 71.5 cm³/mol. The Kier molecular flexibility index (Phi) is 5.17. The topological polar surface area (TPSA) is 52.9 Å².